The second-order valence-electron chi connectivity index (χ2n) is 15.4. The van der Waals surface area contributed by atoms with Gasteiger partial charge in [-0.25, -0.2) is 8.60 Å². The Bertz CT molecular complexity index is 1540. The van der Waals surface area contributed by atoms with Crippen molar-refractivity contribution in [2.75, 3.05) is 50.9 Å². The first-order valence-electron chi connectivity index (χ1n) is 19.8. The van der Waals surface area contributed by atoms with Crippen LogP contribution in [0.3, 0.4) is 0 Å². The van der Waals surface area contributed by atoms with E-state index in [0.717, 1.165) is 74.5 Å². The van der Waals surface area contributed by atoms with Gasteiger partial charge in [-0.1, -0.05) is 58.2 Å². The number of nitrogens with one attached hydrogen (secondary N) is 1. The van der Waals surface area contributed by atoms with Crippen LogP contribution in [0.5, 0.6) is 5.75 Å². The van der Waals surface area contributed by atoms with Crippen molar-refractivity contribution in [1.29, 1.82) is 0 Å². The predicted molar refractivity (Wildman–Crippen MR) is 207 cm³/mol. The van der Waals surface area contributed by atoms with E-state index in [9.17, 15) is 13.4 Å². The Hall–Kier alpha value is -2.24. The molecular formula is C41H59ClFN3O5S. The number of anilines is 1. The number of ether oxygens (including phenoxy) is 3. The monoisotopic (exact) mass is 759 g/mol. The molecule has 4 aliphatic heterocycles. The first-order chi connectivity index (χ1) is 25.2. The summed E-state index contributed by atoms with van der Waals surface area (Å²) in [6, 6.07) is 11.9. The minimum Gasteiger partial charge on any atom is -0.491 e. The van der Waals surface area contributed by atoms with Gasteiger partial charge in [0.15, 0.2) is 6.29 Å². The van der Waals surface area contributed by atoms with Gasteiger partial charge in [-0.3, -0.25) is 14.4 Å². The third-order valence-electron chi connectivity index (χ3n) is 12.2. The van der Waals surface area contributed by atoms with Gasteiger partial charge in [0.1, 0.15) is 22.9 Å². The lowest BCUT2D eigenvalue weighted by atomic mass is 9.65. The topological polar surface area (TPSA) is 80.3 Å². The molecule has 11 heteroatoms. The molecule has 7 unspecified atom stereocenters. The summed E-state index contributed by atoms with van der Waals surface area (Å²) in [5.41, 5.74) is 3.90. The fraction of sp³-hybridized carbons (Fsp3) is 0.683. The van der Waals surface area contributed by atoms with Gasteiger partial charge in [0.05, 0.1) is 36.8 Å². The van der Waals surface area contributed by atoms with Crippen molar-refractivity contribution in [2.45, 2.75) is 109 Å². The lowest BCUT2D eigenvalue weighted by molar-refractivity contribution is -0.249. The van der Waals surface area contributed by atoms with Crippen molar-refractivity contribution in [3.05, 3.63) is 58.1 Å². The number of likely N-dealkylation sites (tertiary alicyclic amines) is 1. The fourth-order valence-electron chi connectivity index (χ4n) is 8.76. The van der Waals surface area contributed by atoms with E-state index in [1.807, 2.05) is 39.0 Å². The number of alkyl halides is 1. The number of amides is 1. The predicted octanol–water partition coefficient (Wildman–Crippen LogP) is 7.94. The van der Waals surface area contributed by atoms with Gasteiger partial charge >= 0.3 is 0 Å². The molecule has 7 rings (SSSR count). The quantitative estimate of drug-likeness (QED) is 0.332. The van der Waals surface area contributed by atoms with Crippen LogP contribution < -0.4 is 14.4 Å². The fourth-order valence-corrected chi connectivity index (χ4v) is 10.00. The molecule has 4 heterocycles. The van der Waals surface area contributed by atoms with E-state index < -0.39 is 17.2 Å². The smallest absolute Gasteiger partial charge is 0.263 e. The SMILES string of the molecule is CC.CCCc1cc(Cl)ccc1C1COc2ccc3cc2N(C1)CC1CCC1C(C1OCC(N2CC(F)C2)CO1)CCCC(C)C(C)S(=O)NC3=O. The number of carbonyl (C=O) groups is 1. The largest absolute Gasteiger partial charge is 0.491 e. The molecule has 1 aliphatic carbocycles. The zero-order valence-corrected chi connectivity index (χ0v) is 33.2. The van der Waals surface area contributed by atoms with Crippen LogP contribution in [0.25, 0.3) is 0 Å². The summed E-state index contributed by atoms with van der Waals surface area (Å²) < 4.78 is 49.3. The second-order valence-corrected chi connectivity index (χ2v) is 17.4. The number of nitrogens with zero attached hydrogens (tertiary/aromatic N) is 2. The van der Waals surface area contributed by atoms with Crippen LogP contribution in [-0.2, 0) is 26.9 Å². The third-order valence-corrected chi connectivity index (χ3v) is 13.9. The van der Waals surface area contributed by atoms with Crippen molar-refractivity contribution in [3.8, 4) is 5.75 Å². The van der Waals surface area contributed by atoms with Crippen LogP contribution in [0.1, 0.15) is 101 Å². The number of fused-ring (bicyclic) bond motifs is 2. The molecule has 52 heavy (non-hydrogen) atoms. The van der Waals surface area contributed by atoms with Gasteiger partial charge in [0.25, 0.3) is 5.91 Å². The summed E-state index contributed by atoms with van der Waals surface area (Å²) in [4.78, 5) is 18.1. The highest BCUT2D eigenvalue weighted by Gasteiger charge is 2.45. The van der Waals surface area contributed by atoms with E-state index in [4.69, 9.17) is 25.8 Å². The number of carbonyl (C=O) groups excluding carboxylic acids is 1. The highest BCUT2D eigenvalue weighted by Crippen LogP contribution is 2.47. The van der Waals surface area contributed by atoms with Crippen LogP contribution in [-0.4, -0.2) is 84.8 Å². The van der Waals surface area contributed by atoms with E-state index in [1.54, 1.807) is 6.07 Å². The normalized spacial score (nSPS) is 33.2. The number of aryl methyl sites for hydroxylation is 1. The molecule has 1 saturated carbocycles. The van der Waals surface area contributed by atoms with Crippen LogP contribution in [0.4, 0.5) is 10.1 Å². The number of hydrogen-bond donors (Lipinski definition) is 1. The molecule has 3 fully saturated rings. The van der Waals surface area contributed by atoms with E-state index in [2.05, 4.69) is 40.5 Å². The molecule has 2 bridgehead atoms. The highest BCUT2D eigenvalue weighted by molar-refractivity contribution is 7.84. The Morgan fingerprint density at radius 2 is 1.71 bits per heavy atom. The minimum atomic E-state index is -1.53. The van der Waals surface area contributed by atoms with Crippen molar-refractivity contribution >= 4 is 34.2 Å². The zero-order chi connectivity index (χ0) is 36.9. The zero-order valence-electron chi connectivity index (χ0n) is 31.7. The maximum Gasteiger partial charge on any atom is 0.263 e. The second kappa shape index (κ2) is 17.9. The molecule has 1 N–H and O–H groups in total. The molecule has 7 atom stereocenters. The van der Waals surface area contributed by atoms with Crippen LogP contribution in [0.15, 0.2) is 36.4 Å². The minimum absolute atomic E-state index is 0.109. The third kappa shape index (κ3) is 8.83. The van der Waals surface area contributed by atoms with E-state index in [-0.39, 0.29) is 41.2 Å². The van der Waals surface area contributed by atoms with Crippen LogP contribution >= 0.6 is 11.6 Å². The molecule has 8 nitrogen and oxygen atoms in total. The lowest BCUT2D eigenvalue weighted by Gasteiger charge is -2.49. The van der Waals surface area contributed by atoms with Crippen LogP contribution in [0.2, 0.25) is 5.02 Å². The Balaban J connectivity index is 0.00000228. The average Bonchev–Trinajstić information content (AvgIpc) is 3.31. The Kier molecular flexibility index (Phi) is 13.6. The van der Waals surface area contributed by atoms with Crippen LogP contribution in [0, 0.1) is 23.7 Å². The summed E-state index contributed by atoms with van der Waals surface area (Å²) >= 11 is 6.47. The van der Waals surface area contributed by atoms with E-state index in [1.165, 1.54) is 11.1 Å². The van der Waals surface area contributed by atoms with Gasteiger partial charge < -0.3 is 19.1 Å². The lowest BCUT2D eigenvalue weighted by Crippen LogP contribution is -2.59. The van der Waals surface area contributed by atoms with Crippen molar-refractivity contribution in [1.82, 2.24) is 9.62 Å². The van der Waals surface area contributed by atoms with Crippen molar-refractivity contribution in [3.63, 3.8) is 0 Å². The molecule has 2 saturated heterocycles. The molecule has 288 valence electrons. The van der Waals surface area contributed by atoms with E-state index in [0.29, 0.717) is 50.3 Å². The number of benzene rings is 2. The summed E-state index contributed by atoms with van der Waals surface area (Å²) in [5.74, 6) is 1.80. The first kappa shape index (κ1) is 39.5. The summed E-state index contributed by atoms with van der Waals surface area (Å²) in [5, 5.41) is 0.550. The maximum absolute atomic E-state index is 13.6. The summed E-state index contributed by atoms with van der Waals surface area (Å²) in [7, 11) is -1.53. The Labute approximate surface area is 318 Å². The molecule has 0 radical (unpaired) electrons. The first-order valence-corrected chi connectivity index (χ1v) is 21.4. The summed E-state index contributed by atoms with van der Waals surface area (Å²) in [6.45, 7) is 14.4. The van der Waals surface area contributed by atoms with Gasteiger partial charge in [0, 0.05) is 48.6 Å². The Morgan fingerprint density at radius 1 is 0.942 bits per heavy atom. The molecule has 2 aromatic carbocycles. The molecule has 1 amide bonds. The molecule has 0 aromatic heterocycles. The number of rotatable bonds is 5. The van der Waals surface area contributed by atoms with Gasteiger partial charge in [0.2, 0.25) is 0 Å². The van der Waals surface area contributed by atoms with Gasteiger partial charge in [-0.15, -0.1) is 0 Å². The molecular weight excluding hydrogens is 701 g/mol. The molecule has 0 spiro atoms. The van der Waals surface area contributed by atoms with Gasteiger partial charge in [-0.2, -0.15) is 0 Å². The average molecular weight is 760 g/mol. The number of halogens is 2. The summed E-state index contributed by atoms with van der Waals surface area (Å²) in [6.07, 6.45) is 6.00. The van der Waals surface area contributed by atoms with Gasteiger partial charge in [-0.05, 0) is 98.2 Å². The molecule has 2 aromatic rings. The number of hydrogen-bond acceptors (Lipinski definition) is 7. The highest BCUT2D eigenvalue weighted by atomic mass is 35.5. The maximum atomic E-state index is 13.6. The van der Waals surface area contributed by atoms with Crippen molar-refractivity contribution in [2.24, 2.45) is 23.7 Å². The molecule has 5 aliphatic rings. The van der Waals surface area contributed by atoms with E-state index >= 15 is 0 Å². The Morgan fingerprint density at radius 3 is 2.40 bits per heavy atom. The van der Waals surface area contributed by atoms with Crippen molar-refractivity contribution < 1.29 is 27.6 Å². The standard InChI is InChI=1S/C39H53ClFN3O5S.C2H6/c1-4-6-26-15-30(40)11-13-33(26)29-18-44-17-28-9-12-34(28)35(39-48-22-32(23-49-39)43-19-31(41)20-43)8-5-7-24(2)25(3)50(46)42-38(45)27-10-14-37(47-21-29)36(44)16-27;1-2/h10-11,13-16,24-25,28-29,31-32,34-35,39H,4-9,12,17-23H2,1-3H3,(H,42,45);1-2H3.